The molecule has 3 rings (SSSR count). The molecule has 0 bridgehead atoms. The average Bonchev–Trinajstić information content (AvgIpc) is 2.88. The minimum Gasteiger partial charge on any atom is -0.481 e. The van der Waals surface area contributed by atoms with Gasteiger partial charge in [-0.15, -0.1) is 0 Å². The van der Waals surface area contributed by atoms with E-state index in [0.717, 1.165) is 16.3 Å². The second-order valence-electron chi connectivity index (χ2n) is 11.7. The molecule has 2 N–H and O–H groups in total. The number of carbonyl (C=O) groups excluding carboxylic acids is 1. The summed E-state index contributed by atoms with van der Waals surface area (Å²) in [6.45, 7) is 6.68. The third-order valence-electron chi connectivity index (χ3n) is 7.33. The highest BCUT2D eigenvalue weighted by atomic mass is 35.5. The maximum Gasteiger partial charge on any atom is 0.416 e. The molecule has 0 aliphatic heterocycles. The number of pyridine rings is 1. The lowest BCUT2D eigenvalue weighted by molar-refractivity contribution is -0.139. The Labute approximate surface area is 268 Å². The Morgan fingerprint density at radius 1 is 1.04 bits per heavy atom. The number of halogens is 6. The molecule has 45 heavy (non-hydrogen) atoms. The number of nitrogens with zero attached hydrogens (tertiary/aromatic N) is 2. The first-order chi connectivity index (χ1) is 20.8. The molecule has 0 saturated carbocycles. The summed E-state index contributed by atoms with van der Waals surface area (Å²) in [5, 5.41) is 12.8. The van der Waals surface area contributed by atoms with Gasteiger partial charge in [0.05, 0.1) is 28.1 Å². The van der Waals surface area contributed by atoms with Crippen LogP contribution in [0.5, 0.6) is 0 Å². The van der Waals surface area contributed by atoms with Crippen LogP contribution in [0, 0.1) is 25.6 Å². The summed E-state index contributed by atoms with van der Waals surface area (Å²) in [5.41, 5.74) is -0.826. The Hall–Kier alpha value is -3.41. The Morgan fingerprint density at radius 2 is 1.64 bits per heavy atom. The SMILES string of the molecule is Cc1cc(Cl)c(-c2cc(C)c(F)c(C(CC(=O)O)NC(=O)C(C(C)C)n3cc(CCN(C)C)c(C(F)(F)F)cc3=O)c2)c(Cl)c1. The molecular weight excluding hydrogens is 637 g/mol. The predicted octanol–water partition coefficient (Wildman–Crippen LogP) is 7.23. The number of carbonyl (C=O) groups is 2. The number of rotatable bonds is 11. The number of hydrogen-bond donors (Lipinski definition) is 2. The van der Waals surface area contributed by atoms with Crippen molar-refractivity contribution in [1.82, 2.24) is 14.8 Å². The maximum atomic E-state index is 15.6. The van der Waals surface area contributed by atoms with Crippen molar-refractivity contribution in [3.63, 3.8) is 0 Å². The lowest BCUT2D eigenvalue weighted by Crippen LogP contribution is -2.42. The monoisotopic (exact) mass is 671 g/mol. The van der Waals surface area contributed by atoms with E-state index in [4.69, 9.17) is 23.2 Å². The molecule has 0 aliphatic carbocycles. The average molecular weight is 673 g/mol. The molecule has 1 heterocycles. The molecule has 1 aromatic heterocycles. The van der Waals surface area contributed by atoms with Gasteiger partial charge in [0.25, 0.3) is 5.56 Å². The lowest BCUT2D eigenvalue weighted by atomic mass is 9.93. The van der Waals surface area contributed by atoms with Gasteiger partial charge in [-0.1, -0.05) is 37.0 Å². The number of amides is 1. The summed E-state index contributed by atoms with van der Waals surface area (Å²) in [6, 6.07) is 3.88. The fourth-order valence-electron chi connectivity index (χ4n) is 5.21. The van der Waals surface area contributed by atoms with Crippen LogP contribution in [-0.4, -0.2) is 47.1 Å². The summed E-state index contributed by atoms with van der Waals surface area (Å²) in [6.07, 6.45) is -4.57. The van der Waals surface area contributed by atoms with Crippen LogP contribution in [0.1, 0.15) is 60.2 Å². The van der Waals surface area contributed by atoms with Gasteiger partial charge in [-0.25, -0.2) is 4.39 Å². The zero-order valence-electron chi connectivity index (χ0n) is 25.7. The predicted molar refractivity (Wildman–Crippen MR) is 166 cm³/mol. The number of nitrogens with one attached hydrogen (secondary N) is 1. The number of likely N-dealkylation sites (N-methyl/N-ethyl adjacent to an activating group) is 1. The van der Waals surface area contributed by atoms with Gasteiger partial charge < -0.3 is 19.9 Å². The molecule has 0 aliphatic rings. The molecule has 2 aromatic carbocycles. The fourth-order valence-corrected chi connectivity index (χ4v) is 6.02. The van der Waals surface area contributed by atoms with Crippen LogP contribution in [0.15, 0.2) is 41.3 Å². The first-order valence-electron chi connectivity index (χ1n) is 14.1. The second kappa shape index (κ2) is 14.3. The number of aryl methyl sites for hydroxylation is 2. The molecule has 0 saturated heterocycles. The van der Waals surface area contributed by atoms with Gasteiger partial charge in [0, 0.05) is 29.9 Å². The first-order valence-corrected chi connectivity index (χ1v) is 14.8. The molecule has 0 radical (unpaired) electrons. The molecule has 0 spiro atoms. The van der Waals surface area contributed by atoms with E-state index in [2.05, 4.69) is 5.32 Å². The Balaban J connectivity index is 2.14. The number of carboxylic acid groups (broad SMARTS) is 1. The van der Waals surface area contributed by atoms with Crippen molar-refractivity contribution in [2.24, 2.45) is 5.92 Å². The van der Waals surface area contributed by atoms with Crippen molar-refractivity contribution in [2.75, 3.05) is 20.6 Å². The van der Waals surface area contributed by atoms with Crippen molar-refractivity contribution >= 4 is 35.1 Å². The zero-order valence-corrected chi connectivity index (χ0v) is 27.2. The van der Waals surface area contributed by atoms with Crippen LogP contribution in [0.4, 0.5) is 17.6 Å². The van der Waals surface area contributed by atoms with Crippen LogP contribution in [0.2, 0.25) is 10.0 Å². The standard InChI is InChI=1S/C32H35Cl2F4N3O4/c1-16(2)30(41-15-19(7-8-40(5)6)22(13-26(41)42)32(36,37)38)31(45)39-25(14-27(43)44)21-12-20(11-18(4)29(21)35)28-23(33)9-17(3)10-24(28)34/h9-13,15-16,25,30H,7-8,14H2,1-6H3,(H,39,45)(H,43,44). The van der Waals surface area contributed by atoms with Crippen molar-refractivity contribution in [1.29, 1.82) is 0 Å². The van der Waals surface area contributed by atoms with Gasteiger partial charge in [-0.3, -0.25) is 14.4 Å². The Morgan fingerprint density at radius 3 is 2.16 bits per heavy atom. The van der Waals surface area contributed by atoms with E-state index < -0.39 is 59.4 Å². The topological polar surface area (TPSA) is 91.6 Å². The molecule has 7 nitrogen and oxygen atoms in total. The first kappa shape index (κ1) is 36.1. The number of benzene rings is 2. The van der Waals surface area contributed by atoms with Crippen LogP contribution in [0.25, 0.3) is 11.1 Å². The van der Waals surface area contributed by atoms with Gasteiger partial charge in [-0.2, -0.15) is 13.2 Å². The molecule has 0 fully saturated rings. The number of aliphatic carboxylic acids is 1. The van der Waals surface area contributed by atoms with E-state index in [0.29, 0.717) is 17.2 Å². The molecule has 13 heteroatoms. The number of aromatic nitrogens is 1. The zero-order chi connectivity index (χ0) is 34.0. The number of hydrogen-bond acceptors (Lipinski definition) is 4. The summed E-state index contributed by atoms with van der Waals surface area (Å²) in [4.78, 5) is 40.4. The van der Waals surface area contributed by atoms with Gasteiger partial charge in [0.1, 0.15) is 11.9 Å². The van der Waals surface area contributed by atoms with E-state index in [1.807, 2.05) is 0 Å². The Bertz CT molecular complexity index is 1630. The summed E-state index contributed by atoms with van der Waals surface area (Å²) in [5.74, 6) is -3.63. The van der Waals surface area contributed by atoms with Crippen molar-refractivity contribution < 1.29 is 32.3 Å². The van der Waals surface area contributed by atoms with E-state index >= 15 is 4.39 Å². The summed E-state index contributed by atoms with van der Waals surface area (Å²) in [7, 11) is 3.37. The third kappa shape index (κ3) is 8.65. The van der Waals surface area contributed by atoms with Gasteiger partial charge in [0.15, 0.2) is 0 Å². The second-order valence-corrected chi connectivity index (χ2v) is 12.5. The van der Waals surface area contributed by atoms with Crippen molar-refractivity contribution in [3.8, 4) is 11.1 Å². The van der Waals surface area contributed by atoms with Crippen LogP contribution >= 0.6 is 23.2 Å². The minimum absolute atomic E-state index is 0.0579. The van der Waals surface area contributed by atoms with Gasteiger partial charge in [-0.05, 0) is 86.8 Å². The molecule has 2 atom stereocenters. The number of carboxylic acids is 1. The molecule has 1 amide bonds. The van der Waals surface area contributed by atoms with Crippen LogP contribution < -0.4 is 10.9 Å². The van der Waals surface area contributed by atoms with E-state index in [1.54, 1.807) is 51.9 Å². The minimum atomic E-state index is -4.80. The Kier molecular flexibility index (Phi) is 11.5. The molecule has 3 aromatic rings. The largest absolute Gasteiger partial charge is 0.481 e. The van der Waals surface area contributed by atoms with Gasteiger partial charge in [0.2, 0.25) is 5.91 Å². The third-order valence-corrected chi connectivity index (χ3v) is 7.92. The van der Waals surface area contributed by atoms with Crippen molar-refractivity contribution in [2.45, 2.75) is 58.8 Å². The highest BCUT2D eigenvalue weighted by Gasteiger charge is 2.36. The quantitative estimate of drug-likeness (QED) is 0.210. The van der Waals surface area contributed by atoms with Gasteiger partial charge >= 0.3 is 12.1 Å². The summed E-state index contributed by atoms with van der Waals surface area (Å²) >= 11 is 12.9. The van der Waals surface area contributed by atoms with E-state index in [9.17, 15) is 32.7 Å². The smallest absolute Gasteiger partial charge is 0.416 e. The number of alkyl halides is 3. The molecule has 244 valence electrons. The van der Waals surface area contributed by atoms with E-state index in [-0.39, 0.29) is 39.7 Å². The van der Waals surface area contributed by atoms with Crippen LogP contribution in [0.3, 0.4) is 0 Å². The molecular formula is C32H35Cl2F4N3O4. The lowest BCUT2D eigenvalue weighted by Gasteiger charge is -2.28. The molecule has 2 unspecified atom stereocenters. The highest BCUT2D eigenvalue weighted by molar-refractivity contribution is 6.39. The summed E-state index contributed by atoms with van der Waals surface area (Å²) < 4.78 is 58.1. The van der Waals surface area contributed by atoms with Crippen LogP contribution in [-0.2, 0) is 22.2 Å². The van der Waals surface area contributed by atoms with E-state index in [1.165, 1.54) is 19.1 Å². The fraction of sp³-hybridized carbons (Fsp3) is 0.406. The highest BCUT2D eigenvalue weighted by Crippen LogP contribution is 2.39. The normalized spacial score (nSPS) is 13.3. The maximum absolute atomic E-state index is 15.6. The van der Waals surface area contributed by atoms with Crippen molar-refractivity contribution in [3.05, 3.63) is 90.6 Å².